The molecule has 1 aromatic heterocycles. The molecule has 0 saturated carbocycles. The number of amides is 1. The largest absolute Gasteiger partial charge is 0.349 e. The molecule has 1 amide bonds. The van der Waals surface area contributed by atoms with Gasteiger partial charge >= 0.3 is 0 Å². The molecule has 1 N–H and O–H groups in total. The molecular weight excluding hydrogens is 335 g/mol. The lowest BCUT2D eigenvalue weighted by Gasteiger charge is -2.25. The zero-order valence-corrected chi connectivity index (χ0v) is 15.8. The van der Waals surface area contributed by atoms with Crippen LogP contribution in [0.1, 0.15) is 45.1 Å². The number of rotatable bonds is 5. The number of aryl methyl sites for hydroxylation is 1. The Balaban J connectivity index is 1.68. The van der Waals surface area contributed by atoms with Crippen molar-refractivity contribution < 1.29 is 9.18 Å². The average molecular weight is 360 g/mol. The lowest BCUT2D eigenvalue weighted by Crippen LogP contribution is -2.34. The molecule has 0 fully saturated rings. The molecule has 3 rings (SSSR count). The zero-order chi connectivity index (χ0) is 18.0. The van der Waals surface area contributed by atoms with E-state index in [2.05, 4.69) is 18.3 Å². The summed E-state index contributed by atoms with van der Waals surface area (Å²) in [7, 11) is 3.87. The predicted octanol–water partition coefficient (Wildman–Crippen LogP) is 4.04. The second kappa shape index (κ2) is 7.67. The topological polar surface area (TPSA) is 32.3 Å². The molecule has 0 saturated heterocycles. The fourth-order valence-corrected chi connectivity index (χ4v) is 4.53. The lowest BCUT2D eigenvalue weighted by atomic mass is 9.90. The predicted molar refractivity (Wildman–Crippen MR) is 101 cm³/mol. The summed E-state index contributed by atoms with van der Waals surface area (Å²) in [6.45, 7) is 2.72. The molecule has 1 aromatic carbocycles. The van der Waals surface area contributed by atoms with Gasteiger partial charge in [-0.2, -0.15) is 0 Å². The summed E-state index contributed by atoms with van der Waals surface area (Å²) in [5.41, 5.74) is 2.20. The summed E-state index contributed by atoms with van der Waals surface area (Å²) in [4.78, 5) is 16.7. The second-order valence-corrected chi connectivity index (χ2v) is 8.29. The molecule has 1 heterocycles. The van der Waals surface area contributed by atoms with E-state index in [0.29, 0.717) is 12.5 Å². The van der Waals surface area contributed by atoms with Gasteiger partial charge in [-0.3, -0.25) is 4.79 Å². The molecule has 2 atom stereocenters. The fourth-order valence-electron chi connectivity index (χ4n) is 3.41. The second-order valence-electron chi connectivity index (χ2n) is 7.15. The highest BCUT2D eigenvalue weighted by atomic mass is 32.1. The Bertz CT molecular complexity index is 756. The standard InChI is InChI=1S/C20H25FN2OS/c1-13-7-8-18-15(9-13)11-19(25-18)20(24)22-12-17(23(2)3)14-5-4-6-16(21)10-14/h4-6,10-11,13,17H,7-9,12H2,1-3H3,(H,22,24). The van der Waals surface area contributed by atoms with E-state index < -0.39 is 0 Å². The van der Waals surface area contributed by atoms with Gasteiger partial charge in [0.2, 0.25) is 0 Å². The van der Waals surface area contributed by atoms with Crippen LogP contribution < -0.4 is 5.32 Å². The van der Waals surface area contributed by atoms with E-state index in [-0.39, 0.29) is 17.8 Å². The summed E-state index contributed by atoms with van der Waals surface area (Å²) in [6.07, 6.45) is 3.36. The molecule has 2 aromatic rings. The van der Waals surface area contributed by atoms with Crippen molar-refractivity contribution in [3.63, 3.8) is 0 Å². The van der Waals surface area contributed by atoms with E-state index in [0.717, 1.165) is 23.3 Å². The molecule has 0 bridgehead atoms. The van der Waals surface area contributed by atoms with Gasteiger partial charge in [0.05, 0.1) is 10.9 Å². The van der Waals surface area contributed by atoms with E-state index in [1.807, 2.05) is 25.1 Å². The average Bonchev–Trinajstić information content (AvgIpc) is 2.97. The number of nitrogens with zero attached hydrogens (tertiary/aromatic N) is 1. The van der Waals surface area contributed by atoms with Gasteiger partial charge < -0.3 is 10.2 Å². The molecule has 1 aliphatic rings. The van der Waals surface area contributed by atoms with Crippen LogP contribution in [0.2, 0.25) is 0 Å². The van der Waals surface area contributed by atoms with E-state index in [9.17, 15) is 9.18 Å². The summed E-state index contributed by atoms with van der Waals surface area (Å²) < 4.78 is 13.5. The van der Waals surface area contributed by atoms with Crippen molar-refractivity contribution in [2.24, 2.45) is 5.92 Å². The highest BCUT2D eigenvalue weighted by Crippen LogP contribution is 2.32. The first-order valence-corrected chi connectivity index (χ1v) is 9.57. The first kappa shape index (κ1) is 18.1. The van der Waals surface area contributed by atoms with Crippen molar-refractivity contribution in [1.29, 1.82) is 0 Å². The number of likely N-dealkylation sites (N-methyl/N-ethyl adjacent to an activating group) is 1. The molecule has 0 aliphatic heterocycles. The number of carbonyl (C=O) groups excluding carboxylic acids is 1. The van der Waals surface area contributed by atoms with Gasteiger partial charge in [-0.05, 0) is 68.6 Å². The zero-order valence-electron chi connectivity index (χ0n) is 15.0. The molecular formula is C20H25FN2OS. The number of halogens is 1. The Morgan fingerprint density at radius 1 is 1.40 bits per heavy atom. The maximum Gasteiger partial charge on any atom is 0.261 e. The monoisotopic (exact) mass is 360 g/mol. The minimum Gasteiger partial charge on any atom is -0.349 e. The lowest BCUT2D eigenvalue weighted by molar-refractivity contribution is 0.0946. The van der Waals surface area contributed by atoms with Crippen molar-refractivity contribution in [3.8, 4) is 0 Å². The molecule has 0 radical (unpaired) electrons. The van der Waals surface area contributed by atoms with Crippen molar-refractivity contribution in [2.45, 2.75) is 32.2 Å². The van der Waals surface area contributed by atoms with E-state index in [1.165, 1.54) is 29.0 Å². The Hall–Kier alpha value is -1.72. The van der Waals surface area contributed by atoms with Gasteiger partial charge in [0.15, 0.2) is 0 Å². The van der Waals surface area contributed by atoms with Crippen LogP contribution in [0.3, 0.4) is 0 Å². The van der Waals surface area contributed by atoms with Crippen LogP contribution in [0.15, 0.2) is 30.3 Å². The minimum atomic E-state index is -0.254. The van der Waals surface area contributed by atoms with Crippen molar-refractivity contribution in [2.75, 3.05) is 20.6 Å². The highest BCUT2D eigenvalue weighted by Gasteiger charge is 2.22. The highest BCUT2D eigenvalue weighted by molar-refractivity contribution is 7.14. The maximum absolute atomic E-state index is 13.5. The Morgan fingerprint density at radius 2 is 2.20 bits per heavy atom. The van der Waals surface area contributed by atoms with Crippen LogP contribution in [0.4, 0.5) is 4.39 Å². The summed E-state index contributed by atoms with van der Waals surface area (Å²) in [5.74, 6) is 0.412. The number of thiophene rings is 1. The van der Waals surface area contributed by atoms with E-state index in [4.69, 9.17) is 0 Å². The normalized spacial score (nSPS) is 18.0. The van der Waals surface area contributed by atoms with Crippen LogP contribution in [0.5, 0.6) is 0 Å². The van der Waals surface area contributed by atoms with E-state index >= 15 is 0 Å². The summed E-state index contributed by atoms with van der Waals surface area (Å²) >= 11 is 1.62. The third-order valence-electron chi connectivity index (χ3n) is 4.87. The third kappa shape index (κ3) is 4.28. The van der Waals surface area contributed by atoms with Crippen molar-refractivity contribution in [3.05, 3.63) is 57.0 Å². The summed E-state index contributed by atoms with van der Waals surface area (Å²) in [5, 5.41) is 3.03. The molecule has 5 heteroatoms. The Morgan fingerprint density at radius 3 is 2.92 bits per heavy atom. The molecule has 2 unspecified atom stereocenters. The van der Waals surface area contributed by atoms with Gasteiger partial charge in [0, 0.05) is 11.4 Å². The third-order valence-corrected chi connectivity index (χ3v) is 6.10. The van der Waals surface area contributed by atoms with Crippen molar-refractivity contribution in [1.82, 2.24) is 10.2 Å². The number of fused-ring (bicyclic) bond motifs is 1. The number of nitrogens with one attached hydrogen (secondary N) is 1. The number of benzene rings is 1. The molecule has 134 valence electrons. The van der Waals surface area contributed by atoms with Gasteiger partial charge in [0.25, 0.3) is 5.91 Å². The van der Waals surface area contributed by atoms with Crippen LogP contribution in [-0.2, 0) is 12.8 Å². The van der Waals surface area contributed by atoms with Gasteiger partial charge in [-0.25, -0.2) is 4.39 Å². The maximum atomic E-state index is 13.5. The SMILES string of the molecule is CC1CCc2sc(C(=O)NCC(c3cccc(F)c3)N(C)C)cc2C1. The molecule has 1 aliphatic carbocycles. The van der Waals surface area contributed by atoms with Gasteiger partial charge in [0.1, 0.15) is 5.82 Å². The van der Waals surface area contributed by atoms with Gasteiger partial charge in [-0.15, -0.1) is 11.3 Å². The van der Waals surface area contributed by atoms with Gasteiger partial charge in [-0.1, -0.05) is 19.1 Å². The molecule has 0 spiro atoms. The smallest absolute Gasteiger partial charge is 0.261 e. The number of carbonyl (C=O) groups is 1. The first-order valence-electron chi connectivity index (χ1n) is 8.75. The Kier molecular flexibility index (Phi) is 5.54. The quantitative estimate of drug-likeness (QED) is 0.873. The van der Waals surface area contributed by atoms with Crippen LogP contribution in [-0.4, -0.2) is 31.4 Å². The van der Waals surface area contributed by atoms with Crippen molar-refractivity contribution >= 4 is 17.2 Å². The first-order chi connectivity index (χ1) is 11.9. The molecule has 3 nitrogen and oxygen atoms in total. The summed E-state index contributed by atoms with van der Waals surface area (Å²) in [6, 6.07) is 8.56. The van der Waals surface area contributed by atoms with Crippen LogP contribution >= 0.6 is 11.3 Å². The van der Waals surface area contributed by atoms with Crippen LogP contribution in [0, 0.1) is 11.7 Å². The fraction of sp³-hybridized carbons (Fsp3) is 0.450. The minimum absolute atomic E-state index is 0.0321. The number of hydrogen-bond acceptors (Lipinski definition) is 3. The van der Waals surface area contributed by atoms with Crippen LogP contribution in [0.25, 0.3) is 0 Å². The molecule has 25 heavy (non-hydrogen) atoms. The Labute approximate surface area is 152 Å². The van der Waals surface area contributed by atoms with E-state index in [1.54, 1.807) is 17.4 Å². The number of hydrogen-bond donors (Lipinski definition) is 1.